The van der Waals surface area contributed by atoms with Gasteiger partial charge in [-0.3, -0.25) is 0 Å². The quantitative estimate of drug-likeness (QED) is 0.761. The molecule has 0 radical (unpaired) electrons. The van der Waals surface area contributed by atoms with Crippen LogP contribution in [0.1, 0.15) is 12.8 Å². The molecule has 2 N–H and O–H groups in total. The molecule has 0 spiro atoms. The summed E-state index contributed by atoms with van der Waals surface area (Å²) in [6, 6.07) is 6.71. The van der Waals surface area contributed by atoms with E-state index in [1.54, 1.807) is 35.7 Å². The van der Waals surface area contributed by atoms with Crippen LogP contribution >= 0.6 is 12.4 Å². The van der Waals surface area contributed by atoms with Crippen molar-refractivity contribution in [3.8, 4) is 5.75 Å². The van der Waals surface area contributed by atoms with Gasteiger partial charge in [-0.1, -0.05) is 0 Å². The number of methoxy groups -OCH3 is 1. The molecule has 3 unspecified atom stereocenters. The second kappa shape index (κ2) is 8.01. The molecule has 1 heterocycles. The minimum atomic E-state index is -3.45. The summed E-state index contributed by atoms with van der Waals surface area (Å²) >= 11 is 0. The van der Waals surface area contributed by atoms with Crippen molar-refractivity contribution in [2.75, 3.05) is 33.4 Å². The van der Waals surface area contributed by atoms with E-state index in [1.165, 1.54) is 0 Å². The van der Waals surface area contributed by atoms with Gasteiger partial charge in [0.15, 0.2) is 0 Å². The maximum atomic E-state index is 12.8. The Morgan fingerprint density at radius 2 is 1.88 bits per heavy atom. The van der Waals surface area contributed by atoms with Gasteiger partial charge < -0.3 is 15.2 Å². The first kappa shape index (κ1) is 19.5. The van der Waals surface area contributed by atoms with Gasteiger partial charge in [-0.05, 0) is 48.9 Å². The van der Waals surface area contributed by atoms with Crippen LogP contribution in [0.25, 0.3) is 0 Å². The molecule has 6 nitrogen and oxygen atoms in total. The lowest BCUT2D eigenvalue weighted by Gasteiger charge is -2.18. The Morgan fingerprint density at radius 1 is 1.17 bits per heavy atom. The van der Waals surface area contributed by atoms with E-state index in [2.05, 4.69) is 0 Å². The van der Waals surface area contributed by atoms with Gasteiger partial charge in [0, 0.05) is 26.2 Å². The minimum absolute atomic E-state index is 0. The molecule has 0 amide bonds. The Balaban J connectivity index is 0.00000208. The van der Waals surface area contributed by atoms with Crippen molar-refractivity contribution in [2.45, 2.75) is 23.8 Å². The predicted molar refractivity (Wildman–Crippen MR) is 94.0 cm³/mol. The second-order valence-electron chi connectivity index (χ2n) is 6.30. The number of sulfonamides is 1. The third-order valence-corrected chi connectivity index (χ3v) is 6.74. The fraction of sp³-hybridized carbons (Fsp3) is 0.625. The van der Waals surface area contributed by atoms with Gasteiger partial charge in [0.2, 0.25) is 10.0 Å². The number of nitrogens with zero attached hydrogens (tertiary/aromatic N) is 1. The zero-order chi connectivity index (χ0) is 16.4. The third-order valence-electron chi connectivity index (χ3n) is 4.90. The summed E-state index contributed by atoms with van der Waals surface area (Å²) in [5, 5.41) is 0. The van der Waals surface area contributed by atoms with Crippen molar-refractivity contribution in [1.29, 1.82) is 0 Å². The maximum absolute atomic E-state index is 12.8. The number of benzene rings is 1. The van der Waals surface area contributed by atoms with E-state index in [-0.39, 0.29) is 18.4 Å². The van der Waals surface area contributed by atoms with Crippen LogP contribution in [0.2, 0.25) is 0 Å². The highest BCUT2D eigenvalue weighted by Crippen LogP contribution is 2.39. The van der Waals surface area contributed by atoms with Crippen LogP contribution in [0.15, 0.2) is 29.2 Å². The van der Waals surface area contributed by atoms with E-state index in [1.807, 2.05) is 0 Å². The Bertz CT molecular complexity index is 638. The number of nitrogens with two attached hydrogens (primary N) is 1. The molecule has 1 aliphatic carbocycles. The highest BCUT2D eigenvalue weighted by atomic mass is 35.5. The molecule has 2 aliphatic rings. The molecule has 136 valence electrons. The average Bonchev–Trinajstić information content (AvgIpc) is 3.11. The second-order valence-corrected chi connectivity index (χ2v) is 8.24. The van der Waals surface area contributed by atoms with Crippen LogP contribution in [-0.4, -0.2) is 52.2 Å². The van der Waals surface area contributed by atoms with Crippen LogP contribution < -0.4 is 10.5 Å². The van der Waals surface area contributed by atoms with E-state index in [4.69, 9.17) is 15.2 Å². The Hall–Kier alpha value is -0.860. The van der Waals surface area contributed by atoms with Gasteiger partial charge in [0.25, 0.3) is 0 Å². The van der Waals surface area contributed by atoms with Gasteiger partial charge in [-0.15, -0.1) is 12.4 Å². The van der Waals surface area contributed by atoms with E-state index in [0.717, 1.165) is 12.8 Å². The highest BCUT2D eigenvalue weighted by molar-refractivity contribution is 7.89. The lowest BCUT2D eigenvalue weighted by molar-refractivity contribution is 0.146. The molecule has 0 bridgehead atoms. The van der Waals surface area contributed by atoms with Crippen LogP contribution in [0.4, 0.5) is 0 Å². The molecule has 24 heavy (non-hydrogen) atoms. The summed E-state index contributed by atoms with van der Waals surface area (Å²) < 4.78 is 37.5. The summed E-state index contributed by atoms with van der Waals surface area (Å²) in [4.78, 5) is 0.310. The standard InChI is InChI=1S/C16H24N2O4S.ClH/c1-21-8-9-22-13-3-5-14(6-4-13)23(19,20)18-10-12-2-7-16(17)15(12)11-18;/h3-6,12,15-16H,2,7-11,17H2,1H3;1H. The number of hydrogen-bond acceptors (Lipinski definition) is 5. The van der Waals surface area contributed by atoms with Crippen molar-refractivity contribution in [3.63, 3.8) is 0 Å². The Labute approximate surface area is 149 Å². The third kappa shape index (κ3) is 3.86. The maximum Gasteiger partial charge on any atom is 0.243 e. The smallest absolute Gasteiger partial charge is 0.243 e. The van der Waals surface area contributed by atoms with E-state index < -0.39 is 10.0 Å². The zero-order valence-electron chi connectivity index (χ0n) is 13.8. The average molecular weight is 377 g/mol. The molecule has 1 aromatic carbocycles. The predicted octanol–water partition coefficient (Wildman–Crippen LogP) is 1.49. The Kier molecular flexibility index (Phi) is 6.50. The first-order valence-corrected chi connectivity index (χ1v) is 9.44. The minimum Gasteiger partial charge on any atom is -0.491 e. The van der Waals surface area contributed by atoms with Crippen LogP contribution in [-0.2, 0) is 14.8 Å². The fourth-order valence-corrected chi connectivity index (χ4v) is 5.10. The SMILES string of the molecule is COCCOc1ccc(S(=O)(=O)N2CC3CCC(N)C3C2)cc1.Cl. The van der Waals surface area contributed by atoms with Crippen LogP contribution in [0.5, 0.6) is 5.75 Å². The normalized spacial score (nSPS) is 26.8. The van der Waals surface area contributed by atoms with E-state index in [9.17, 15) is 8.42 Å². The summed E-state index contributed by atoms with van der Waals surface area (Å²) in [5.74, 6) is 1.36. The Morgan fingerprint density at radius 3 is 2.50 bits per heavy atom. The first-order valence-electron chi connectivity index (χ1n) is 8.00. The lowest BCUT2D eigenvalue weighted by atomic mass is 9.98. The number of rotatable bonds is 6. The molecule has 3 rings (SSSR count). The van der Waals surface area contributed by atoms with Gasteiger partial charge in [-0.25, -0.2) is 8.42 Å². The summed E-state index contributed by atoms with van der Waals surface area (Å²) in [5.41, 5.74) is 6.09. The molecule has 3 atom stereocenters. The molecular formula is C16H25ClN2O4S. The monoisotopic (exact) mass is 376 g/mol. The fourth-order valence-electron chi connectivity index (χ4n) is 3.56. The van der Waals surface area contributed by atoms with Crippen LogP contribution in [0, 0.1) is 11.8 Å². The topological polar surface area (TPSA) is 81.9 Å². The lowest BCUT2D eigenvalue weighted by Crippen LogP contribution is -2.33. The summed E-state index contributed by atoms with van der Waals surface area (Å²) in [6.07, 6.45) is 2.04. The van der Waals surface area contributed by atoms with E-state index in [0.29, 0.717) is 48.8 Å². The molecule has 2 fully saturated rings. The molecule has 8 heteroatoms. The summed E-state index contributed by atoms with van der Waals surface area (Å²) in [7, 11) is -1.84. The van der Waals surface area contributed by atoms with E-state index >= 15 is 0 Å². The molecule has 1 saturated carbocycles. The van der Waals surface area contributed by atoms with Crippen molar-refractivity contribution >= 4 is 22.4 Å². The molecule has 1 saturated heterocycles. The number of halogens is 1. The van der Waals surface area contributed by atoms with Gasteiger partial charge in [-0.2, -0.15) is 4.31 Å². The molecule has 0 aromatic heterocycles. The van der Waals surface area contributed by atoms with Crippen molar-refractivity contribution in [3.05, 3.63) is 24.3 Å². The largest absolute Gasteiger partial charge is 0.491 e. The molecular weight excluding hydrogens is 352 g/mol. The molecule has 1 aromatic rings. The van der Waals surface area contributed by atoms with Gasteiger partial charge in [0.1, 0.15) is 12.4 Å². The van der Waals surface area contributed by atoms with Crippen LogP contribution in [0.3, 0.4) is 0 Å². The molecule has 1 aliphatic heterocycles. The van der Waals surface area contributed by atoms with Crippen molar-refractivity contribution in [2.24, 2.45) is 17.6 Å². The highest BCUT2D eigenvalue weighted by Gasteiger charge is 2.44. The number of fused-ring (bicyclic) bond motifs is 1. The van der Waals surface area contributed by atoms with Gasteiger partial charge >= 0.3 is 0 Å². The van der Waals surface area contributed by atoms with Crippen molar-refractivity contribution in [1.82, 2.24) is 4.31 Å². The number of ether oxygens (including phenoxy) is 2. The first-order chi connectivity index (χ1) is 11.0. The zero-order valence-corrected chi connectivity index (χ0v) is 15.4. The number of hydrogen-bond donors (Lipinski definition) is 1. The van der Waals surface area contributed by atoms with Gasteiger partial charge in [0.05, 0.1) is 11.5 Å². The van der Waals surface area contributed by atoms with Crippen molar-refractivity contribution < 1.29 is 17.9 Å². The summed E-state index contributed by atoms with van der Waals surface area (Å²) in [6.45, 7) is 2.07.